The van der Waals surface area contributed by atoms with Crippen molar-refractivity contribution in [1.82, 2.24) is 4.90 Å². The maximum Gasteiger partial charge on any atom is 0.296 e. The minimum atomic E-state index is -0.525. The molecular weight excluding hydrogens is 242 g/mol. The van der Waals surface area contributed by atoms with Gasteiger partial charge in [0.15, 0.2) is 0 Å². The third-order valence-electron chi connectivity index (χ3n) is 3.79. The number of carbonyl (C=O) groups is 2. The topological polar surface area (TPSA) is 52.6 Å². The molecule has 0 unspecified atom stereocenters. The van der Waals surface area contributed by atoms with Crippen molar-refractivity contribution in [3.05, 3.63) is 23.8 Å². The second-order valence-electron chi connectivity index (χ2n) is 5.16. The number of rotatable bonds is 1. The van der Waals surface area contributed by atoms with Crippen LogP contribution >= 0.6 is 0 Å². The number of anilines is 2. The predicted octanol–water partition coefficient (Wildman–Crippen LogP) is 0.963. The molecule has 5 heteroatoms. The Morgan fingerprint density at radius 2 is 1.95 bits per heavy atom. The summed E-state index contributed by atoms with van der Waals surface area (Å²) in [5, 5.41) is 2.63. The highest BCUT2D eigenvalue weighted by Gasteiger charge is 2.28. The lowest BCUT2D eigenvalue weighted by Crippen LogP contribution is -2.28. The number of hydrogen-bond donors (Lipinski definition) is 1. The summed E-state index contributed by atoms with van der Waals surface area (Å²) < 4.78 is 0. The molecule has 1 N–H and O–H groups in total. The Morgan fingerprint density at radius 3 is 2.79 bits per heavy atom. The number of likely N-dealkylation sites (N-methyl/N-ethyl adjacent to an activating group) is 1. The number of ketones is 1. The van der Waals surface area contributed by atoms with Gasteiger partial charge in [0.2, 0.25) is 0 Å². The lowest BCUT2D eigenvalue weighted by Gasteiger charge is -2.23. The summed E-state index contributed by atoms with van der Waals surface area (Å²) in [6, 6.07) is 5.59. The fourth-order valence-electron chi connectivity index (χ4n) is 2.64. The normalized spacial score (nSPS) is 20.2. The molecule has 2 heterocycles. The number of amides is 1. The second-order valence-corrected chi connectivity index (χ2v) is 5.16. The summed E-state index contributed by atoms with van der Waals surface area (Å²) in [5.74, 6) is -0.958. The third-order valence-corrected chi connectivity index (χ3v) is 3.79. The van der Waals surface area contributed by atoms with Crippen LogP contribution in [0.2, 0.25) is 0 Å². The largest absolute Gasteiger partial charge is 0.370 e. The zero-order valence-corrected chi connectivity index (χ0v) is 11.0. The van der Waals surface area contributed by atoms with Gasteiger partial charge in [-0.15, -0.1) is 0 Å². The number of fused-ring (bicyclic) bond motifs is 1. The van der Waals surface area contributed by atoms with Gasteiger partial charge in [0, 0.05) is 25.3 Å². The van der Waals surface area contributed by atoms with Crippen molar-refractivity contribution in [1.29, 1.82) is 0 Å². The average Bonchev–Trinajstić information content (AvgIpc) is 2.57. The zero-order chi connectivity index (χ0) is 13.4. The molecule has 2 aliphatic rings. The Labute approximate surface area is 112 Å². The van der Waals surface area contributed by atoms with E-state index in [2.05, 4.69) is 22.2 Å². The zero-order valence-electron chi connectivity index (χ0n) is 11.0. The molecule has 1 saturated heterocycles. The molecule has 0 spiro atoms. The van der Waals surface area contributed by atoms with Crippen LogP contribution in [0.4, 0.5) is 11.4 Å². The molecule has 0 atom stereocenters. The van der Waals surface area contributed by atoms with Crippen LogP contribution in [0, 0.1) is 0 Å². The molecular formula is C14H17N3O2. The van der Waals surface area contributed by atoms with Crippen molar-refractivity contribution in [2.24, 2.45) is 0 Å². The van der Waals surface area contributed by atoms with Gasteiger partial charge >= 0.3 is 0 Å². The van der Waals surface area contributed by atoms with Crippen LogP contribution in [0.1, 0.15) is 16.8 Å². The van der Waals surface area contributed by atoms with Crippen molar-refractivity contribution < 1.29 is 9.59 Å². The van der Waals surface area contributed by atoms with Crippen molar-refractivity contribution >= 4 is 23.1 Å². The number of benzene rings is 1. The number of hydrogen-bond acceptors (Lipinski definition) is 4. The van der Waals surface area contributed by atoms with E-state index >= 15 is 0 Å². The fraction of sp³-hybridized carbons (Fsp3) is 0.429. The standard InChI is InChI=1S/C14H17N3O2/c1-16-5-2-6-17(8-7-16)10-3-4-11-12(9-10)15-14(19)13(11)18/h3-4,9H,2,5-8H2,1H3,(H,15,18,19). The average molecular weight is 259 g/mol. The van der Waals surface area contributed by atoms with Crippen LogP contribution in [-0.2, 0) is 4.79 Å². The Bertz CT molecular complexity index is 541. The van der Waals surface area contributed by atoms with E-state index in [9.17, 15) is 9.59 Å². The minimum absolute atomic E-state index is 0.433. The van der Waals surface area contributed by atoms with E-state index in [-0.39, 0.29) is 0 Å². The Balaban J connectivity index is 1.85. The smallest absolute Gasteiger partial charge is 0.296 e. The highest BCUT2D eigenvalue weighted by atomic mass is 16.2. The summed E-state index contributed by atoms with van der Waals surface area (Å²) in [4.78, 5) is 27.5. The van der Waals surface area contributed by atoms with Crippen LogP contribution < -0.4 is 10.2 Å². The fourth-order valence-corrected chi connectivity index (χ4v) is 2.64. The Kier molecular flexibility index (Phi) is 2.98. The number of carbonyl (C=O) groups excluding carboxylic acids is 2. The van der Waals surface area contributed by atoms with Crippen molar-refractivity contribution in [3.63, 3.8) is 0 Å². The molecule has 100 valence electrons. The van der Waals surface area contributed by atoms with Gasteiger partial charge < -0.3 is 15.1 Å². The van der Waals surface area contributed by atoms with E-state index in [0.717, 1.165) is 38.3 Å². The van der Waals surface area contributed by atoms with Crippen LogP contribution in [0.3, 0.4) is 0 Å². The number of nitrogens with zero attached hydrogens (tertiary/aromatic N) is 2. The molecule has 2 aliphatic heterocycles. The molecule has 0 bridgehead atoms. The van der Waals surface area contributed by atoms with E-state index in [1.165, 1.54) is 0 Å². The summed E-state index contributed by atoms with van der Waals surface area (Å²) in [6.07, 6.45) is 1.12. The maximum atomic E-state index is 11.5. The van der Waals surface area contributed by atoms with E-state index in [0.29, 0.717) is 11.3 Å². The van der Waals surface area contributed by atoms with E-state index < -0.39 is 11.7 Å². The van der Waals surface area contributed by atoms with E-state index in [4.69, 9.17) is 0 Å². The summed E-state index contributed by atoms with van der Waals surface area (Å²) in [6.45, 7) is 4.11. The maximum absolute atomic E-state index is 11.5. The quantitative estimate of drug-likeness (QED) is 0.763. The first-order valence-corrected chi connectivity index (χ1v) is 6.58. The van der Waals surface area contributed by atoms with Crippen molar-refractivity contribution in [2.75, 3.05) is 43.4 Å². The Morgan fingerprint density at radius 1 is 1.11 bits per heavy atom. The molecule has 0 radical (unpaired) electrons. The summed E-state index contributed by atoms with van der Waals surface area (Å²) in [5.41, 5.74) is 2.20. The van der Waals surface area contributed by atoms with Crippen LogP contribution in [0.15, 0.2) is 18.2 Å². The highest BCUT2D eigenvalue weighted by Crippen LogP contribution is 2.28. The van der Waals surface area contributed by atoms with Gasteiger partial charge in [-0.05, 0) is 38.2 Å². The molecule has 5 nitrogen and oxygen atoms in total. The van der Waals surface area contributed by atoms with E-state index in [1.807, 2.05) is 12.1 Å². The summed E-state index contributed by atoms with van der Waals surface area (Å²) >= 11 is 0. The first-order valence-electron chi connectivity index (χ1n) is 6.58. The number of Topliss-reactive ketones (excluding diaryl/α,β-unsaturated/α-hetero) is 1. The first-order chi connectivity index (χ1) is 9.15. The lowest BCUT2D eigenvalue weighted by molar-refractivity contribution is -0.112. The molecule has 1 fully saturated rings. The highest BCUT2D eigenvalue weighted by molar-refractivity contribution is 6.51. The van der Waals surface area contributed by atoms with Crippen LogP contribution in [0.25, 0.3) is 0 Å². The molecule has 1 amide bonds. The monoisotopic (exact) mass is 259 g/mol. The van der Waals surface area contributed by atoms with Gasteiger partial charge in [-0.3, -0.25) is 9.59 Å². The molecule has 3 rings (SSSR count). The Hall–Kier alpha value is -1.88. The van der Waals surface area contributed by atoms with Gasteiger partial charge in [0.25, 0.3) is 11.7 Å². The van der Waals surface area contributed by atoms with Gasteiger partial charge in [-0.2, -0.15) is 0 Å². The first kappa shape index (κ1) is 12.2. The molecule has 0 aliphatic carbocycles. The van der Waals surface area contributed by atoms with Gasteiger partial charge in [-0.1, -0.05) is 0 Å². The molecule has 1 aromatic rings. The summed E-state index contributed by atoms with van der Waals surface area (Å²) in [7, 11) is 2.13. The predicted molar refractivity (Wildman–Crippen MR) is 73.7 cm³/mol. The van der Waals surface area contributed by atoms with Crippen molar-refractivity contribution in [2.45, 2.75) is 6.42 Å². The van der Waals surface area contributed by atoms with Gasteiger partial charge in [0.05, 0.1) is 11.3 Å². The third kappa shape index (κ3) is 2.21. The van der Waals surface area contributed by atoms with Crippen LogP contribution in [-0.4, -0.2) is 49.8 Å². The number of nitrogens with one attached hydrogen (secondary N) is 1. The molecule has 0 saturated carbocycles. The van der Waals surface area contributed by atoms with Gasteiger partial charge in [0.1, 0.15) is 0 Å². The van der Waals surface area contributed by atoms with E-state index in [1.54, 1.807) is 6.07 Å². The molecule has 0 aromatic heterocycles. The molecule has 19 heavy (non-hydrogen) atoms. The van der Waals surface area contributed by atoms with Gasteiger partial charge in [-0.25, -0.2) is 0 Å². The van der Waals surface area contributed by atoms with Crippen LogP contribution in [0.5, 0.6) is 0 Å². The van der Waals surface area contributed by atoms with Crippen molar-refractivity contribution in [3.8, 4) is 0 Å². The SMILES string of the molecule is CN1CCCN(c2ccc3c(c2)NC(=O)C3=O)CC1. The lowest BCUT2D eigenvalue weighted by atomic mass is 10.1. The minimum Gasteiger partial charge on any atom is -0.370 e. The molecule has 1 aromatic carbocycles. The second kappa shape index (κ2) is 4.66.